The lowest BCUT2D eigenvalue weighted by molar-refractivity contribution is -0.130. The second-order valence-corrected chi connectivity index (χ2v) is 4.43. The van der Waals surface area contributed by atoms with Crippen LogP contribution < -0.4 is 0 Å². The molecule has 0 bridgehead atoms. The molecule has 1 rings (SSSR count). The predicted octanol–water partition coefficient (Wildman–Crippen LogP) is -0.0690. The van der Waals surface area contributed by atoms with Gasteiger partial charge in [0.15, 0.2) is 0 Å². The lowest BCUT2D eigenvalue weighted by atomic mass is 10.3. The van der Waals surface area contributed by atoms with Crippen LogP contribution in [0.5, 0.6) is 0 Å². The Kier molecular flexibility index (Phi) is 5.36. The summed E-state index contributed by atoms with van der Waals surface area (Å²) in [6.45, 7) is 5.73. The van der Waals surface area contributed by atoms with Crippen LogP contribution >= 0.6 is 11.6 Å². The van der Waals surface area contributed by atoms with Crippen LogP contribution in [0, 0.1) is 0 Å². The Balaban J connectivity index is 2.21. The second-order valence-electron chi connectivity index (χ2n) is 4.16. The fourth-order valence-corrected chi connectivity index (χ4v) is 1.82. The van der Waals surface area contributed by atoms with Crippen LogP contribution in [-0.4, -0.2) is 79.9 Å². The Bertz CT molecular complexity index is 203. The molecule has 1 aliphatic heterocycles. The van der Waals surface area contributed by atoms with Crippen LogP contribution in [0.15, 0.2) is 0 Å². The Labute approximate surface area is 96.8 Å². The highest BCUT2D eigenvalue weighted by molar-refractivity contribution is 6.27. The summed E-state index contributed by atoms with van der Waals surface area (Å²) >= 11 is 5.51. The van der Waals surface area contributed by atoms with Crippen LogP contribution in [0.4, 0.5) is 0 Å². The first-order valence-corrected chi connectivity index (χ1v) is 5.87. The molecule has 0 aromatic heterocycles. The Morgan fingerprint density at radius 3 is 2.33 bits per heavy atom. The zero-order chi connectivity index (χ0) is 11.3. The standard InChI is InChI=1S/C10H20ClN3O/c1-12(2)3-4-13-5-7-14(8-6-13)10(15)9-11/h3-9H2,1-2H3. The van der Waals surface area contributed by atoms with E-state index in [1.165, 1.54) is 0 Å². The topological polar surface area (TPSA) is 26.8 Å². The van der Waals surface area contributed by atoms with Gasteiger partial charge in [-0.15, -0.1) is 11.6 Å². The number of likely N-dealkylation sites (N-methyl/N-ethyl adjacent to an activating group) is 1. The van der Waals surface area contributed by atoms with Crippen molar-refractivity contribution in [1.29, 1.82) is 0 Å². The zero-order valence-corrected chi connectivity index (χ0v) is 10.3. The summed E-state index contributed by atoms with van der Waals surface area (Å²) in [5.41, 5.74) is 0. The normalized spacial score (nSPS) is 18.5. The third kappa shape index (κ3) is 4.36. The molecule has 0 saturated carbocycles. The van der Waals surface area contributed by atoms with E-state index < -0.39 is 0 Å². The molecule has 4 nitrogen and oxygen atoms in total. The summed E-state index contributed by atoms with van der Waals surface area (Å²) in [6, 6.07) is 0. The second kappa shape index (κ2) is 6.30. The summed E-state index contributed by atoms with van der Waals surface area (Å²) in [5, 5.41) is 0. The predicted molar refractivity (Wildman–Crippen MR) is 62.3 cm³/mol. The molecule has 1 amide bonds. The minimum Gasteiger partial charge on any atom is -0.339 e. The number of carbonyl (C=O) groups is 1. The third-order valence-electron chi connectivity index (χ3n) is 2.70. The van der Waals surface area contributed by atoms with E-state index in [-0.39, 0.29) is 11.8 Å². The first-order valence-electron chi connectivity index (χ1n) is 5.34. The average molecular weight is 234 g/mol. The maximum atomic E-state index is 11.3. The van der Waals surface area contributed by atoms with Gasteiger partial charge in [-0.05, 0) is 14.1 Å². The number of halogens is 1. The quantitative estimate of drug-likeness (QED) is 0.637. The first kappa shape index (κ1) is 12.7. The molecule has 0 aromatic rings. The molecule has 0 spiro atoms. The van der Waals surface area contributed by atoms with E-state index in [1.54, 1.807) is 0 Å². The van der Waals surface area contributed by atoms with E-state index in [9.17, 15) is 4.79 Å². The van der Waals surface area contributed by atoms with E-state index in [4.69, 9.17) is 11.6 Å². The summed E-state index contributed by atoms with van der Waals surface area (Å²) in [5.74, 6) is 0.168. The molecule has 0 aliphatic carbocycles. The molecule has 15 heavy (non-hydrogen) atoms. The van der Waals surface area contributed by atoms with Crippen LogP contribution in [0.2, 0.25) is 0 Å². The SMILES string of the molecule is CN(C)CCN1CCN(C(=O)CCl)CC1. The number of rotatable bonds is 4. The summed E-state index contributed by atoms with van der Waals surface area (Å²) < 4.78 is 0. The van der Waals surface area contributed by atoms with E-state index in [0.717, 1.165) is 39.3 Å². The molecule has 1 heterocycles. The summed E-state index contributed by atoms with van der Waals surface area (Å²) in [6.07, 6.45) is 0. The fraction of sp³-hybridized carbons (Fsp3) is 0.900. The minimum absolute atomic E-state index is 0.0592. The maximum absolute atomic E-state index is 11.3. The van der Waals surface area contributed by atoms with Gasteiger partial charge in [-0.25, -0.2) is 0 Å². The number of carbonyl (C=O) groups excluding carboxylic acids is 1. The maximum Gasteiger partial charge on any atom is 0.237 e. The highest BCUT2D eigenvalue weighted by Crippen LogP contribution is 2.02. The van der Waals surface area contributed by atoms with Crippen LogP contribution in [0.1, 0.15) is 0 Å². The molecule has 0 N–H and O–H groups in total. The van der Waals surface area contributed by atoms with Crippen LogP contribution in [0.3, 0.4) is 0 Å². The van der Waals surface area contributed by atoms with Crippen molar-refractivity contribution in [3.63, 3.8) is 0 Å². The molecule has 5 heteroatoms. The molecular weight excluding hydrogens is 214 g/mol. The van der Waals surface area contributed by atoms with E-state index in [2.05, 4.69) is 23.9 Å². The van der Waals surface area contributed by atoms with Gasteiger partial charge < -0.3 is 9.80 Å². The van der Waals surface area contributed by atoms with Crippen molar-refractivity contribution >= 4 is 17.5 Å². The lowest BCUT2D eigenvalue weighted by Gasteiger charge is -2.34. The molecular formula is C10H20ClN3O. The molecule has 88 valence electrons. The van der Waals surface area contributed by atoms with Crippen molar-refractivity contribution in [2.24, 2.45) is 0 Å². The zero-order valence-electron chi connectivity index (χ0n) is 9.58. The van der Waals surface area contributed by atoms with Gasteiger partial charge in [0, 0.05) is 39.3 Å². The smallest absolute Gasteiger partial charge is 0.237 e. The molecule has 0 aromatic carbocycles. The van der Waals surface area contributed by atoms with E-state index in [0.29, 0.717) is 0 Å². The third-order valence-corrected chi connectivity index (χ3v) is 2.93. The van der Waals surface area contributed by atoms with Gasteiger partial charge in [-0.3, -0.25) is 9.69 Å². The summed E-state index contributed by atoms with van der Waals surface area (Å²) in [7, 11) is 4.15. The number of amides is 1. The highest BCUT2D eigenvalue weighted by atomic mass is 35.5. The highest BCUT2D eigenvalue weighted by Gasteiger charge is 2.19. The first-order chi connectivity index (χ1) is 7.13. The number of hydrogen-bond donors (Lipinski definition) is 0. The average Bonchev–Trinajstić information content (AvgIpc) is 2.26. The lowest BCUT2D eigenvalue weighted by Crippen LogP contribution is -2.50. The van der Waals surface area contributed by atoms with Gasteiger partial charge in [-0.1, -0.05) is 0 Å². The van der Waals surface area contributed by atoms with Crippen LogP contribution in [-0.2, 0) is 4.79 Å². The van der Waals surface area contributed by atoms with Gasteiger partial charge in [0.2, 0.25) is 5.91 Å². The largest absolute Gasteiger partial charge is 0.339 e. The van der Waals surface area contributed by atoms with Crippen molar-refractivity contribution in [3.05, 3.63) is 0 Å². The van der Waals surface area contributed by atoms with Gasteiger partial charge in [0.25, 0.3) is 0 Å². The molecule has 1 fully saturated rings. The van der Waals surface area contributed by atoms with E-state index >= 15 is 0 Å². The Morgan fingerprint density at radius 1 is 1.27 bits per heavy atom. The van der Waals surface area contributed by atoms with Crippen molar-refractivity contribution in [1.82, 2.24) is 14.7 Å². The molecule has 1 aliphatic rings. The Morgan fingerprint density at radius 2 is 1.87 bits per heavy atom. The van der Waals surface area contributed by atoms with Crippen molar-refractivity contribution in [2.75, 3.05) is 59.2 Å². The van der Waals surface area contributed by atoms with Gasteiger partial charge >= 0.3 is 0 Å². The fourth-order valence-electron chi connectivity index (χ4n) is 1.65. The van der Waals surface area contributed by atoms with E-state index in [1.807, 2.05) is 4.90 Å². The van der Waals surface area contributed by atoms with Gasteiger partial charge in [0.1, 0.15) is 5.88 Å². The minimum atomic E-state index is 0.0592. The summed E-state index contributed by atoms with van der Waals surface area (Å²) in [4.78, 5) is 17.7. The monoisotopic (exact) mass is 233 g/mol. The Hall–Kier alpha value is -0.320. The number of alkyl halides is 1. The number of piperazine rings is 1. The van der Waals surface area contributed by atoms with Gasteiger partial charge in [0.05, 0.1) is 0 Å². The molecule has 0 unspecified atom stereocenters. The molecule has 1 saturated heterocycles. The van der Waals surface area contributed by atoms with Crippen molar-refractivity contribution < 1.29 is 4.79 Å². The number of nitrogens with zero attached hydrogens (tertiary/aromatic N) is 3. The molecule has 0 radical (unpaired) electrons. The van der Waals surface area contributed by atoms with Crippen molar-refractivity contribution in [2.45, 2.75) is 0 Å². The van der Waals surface area contributed by atoms with Crippen molar-refractivity contribution in [3.8, 4) is 0 Å². The van der Waals surface area contributed by atoms with Crippen LogP contribution in [0.25, 0.3) is 0 Å². The van der Waals surface area contributed by atoms with Gasteiger partial charge in [-0.2, -0.15) is 0 Å². The number of hydrogen-bond acceptors (Lipinski definition) is 3. The molecule has 0 atom stereocenters.